The molecule has 1 aliphatic rings. The first-order chi connectivity index (χ1) is 14.2. The van der Waals surface area contributed by atoms with Crippen molar-refractivity contribution in [3.63, 3.8) is 0 Å². The van der Waals surface area contributed by atoms with Crippen molar-refractivity contribution in [1.29, 1.82) is 0 Å². The van der Waals surface area contributed by atoms with Crippen LogP contribution in [0, 0.1) is 5.92 Å². The molecule has 1 aromatic carbocycles. The van der Waals surface area contributed by atoms with Gasteiger partial charge in [0.2, 0.25) is 0 Å². The Morgan fingerprint density at radius 3 is 2.63 bits per heavy atom. The lowest BCUT2D eigenvalue weighted by atomic mass is 10.1. The maximum absolute atomic E-state index is 12.6. The summed E-state index contributed by atoms with van der Waals surface area (Å²) in [4.78, 5) is 30.8. The first-order valence-electron chi connectivity index (χ1n) is 9.72. The molecule has 0 bridgehead atoms. The van der Waals surface area contributed by atoms with Crippen LogP contribution in [0.4, 0.5) is 4.79 Å². The molecule has 0 radical (unpaired) electrons. The highest BCUT2D eigenvalue weighted by molar-refractivity contribution is 8.14. The zero-order valence-corrected chi connectivity index (χ0v) is 19.2. The molecule has 0 unspecified atom stereocenters. The highest BCUT2D eigenvalue weighted by Crippen LogP contribution is 2.39. The number of thioether (sulfide) groups is 1. The average molecular weight is 439 g/mol. The van der Waals surface area contributed by atoms with Gasteiger partial charge in [0.1, 0.15) is 11.7 Å². The van der Waals surface area contributed by atoms with Crippen molar-refractivity contribution in [3.05, 3.63) is 23.8 Å². The van der Waals surface area contributed by atoms with Gasteiger partial charge < -0.3 is 23.8 Å². The number of para-hydroxylation sites is 1. The number of hydrogen-bond acceptors (Lipinski definition) is 8. The van der Waals surface area contributed by atoms with Crippen LogP contribution in [0.3, 0.4) is 0 Å². The second-order valence-electron chi connectivity index (χ2n) is 7.71. The minimum atomic E-state index is -0.995. The Labute approximate surface area is 181 Å². The van der Waals surface area contributed by atoms with Gasteiger partial charge in [-0.2, -0.15) is 0 Å². The molecular weight excluding hydrogens is 408 g/mol. The van der Waals surface area contributed by atoms with Crippen molar-refractivity contribution in [1.82, 2.24) is 4.90 Å². The summed E-state index contributed by atoms with van der Waals surface area (Å²) in [6.07, 6.45) is -0.540. The maximum atomic E-state index is 12.6. The molecule has 1 aliphatic heterocycles. The number of rotatable bonds is 9. The van der Waals surface area contributed by atoms with E-state index in [0.29, 0.717) is 41.9 Å². The molecule has 1 heterocycles. The van der Waals surface area contributed by atoms with E-state index in [0.717, 1.165) is 0 Å². The number of benzene rings is 1. The smallest absolute Gasteiger partial charge is 0.414 e. The summed E-state index contributed by atoms with van der Waals surface area (Å²) in [5, 5.41) is 0.595. The lowest BCUT2D eigenvalue weighted by Crippen LogP contribution is -2.36. The molecule has 0 fully saturated rings. The van der Waals surface area contributed by atoms with Crippen LogP contribution in [0.15, 0.2) is 23.2 Å². The highest BCUT2D eigenvalue weighted by atomic mass is 32.2. The lowest BCUT2D eigenvalue weighted by Gasteiger charge is -2.19. The molecular formula is C21H30N2O6S. The number of methoxy groups -OCH3 is 1. The van der Waals surface area contributed by atoms with E-state index in [1.165, 1.54) is 16.7 Å². The predicted octanol–water partition coefficient (Wildman–Crippen LogP) is 3.22. The summed E-state index contributed by atoms with van der Waals surface area (Å²) >= 11 is 1.42. The van der Waals surface area contributed by atoms with Crippen LogP contribution in [0.2, 0.25) is 0 Å². The summed E-state index contributed by atoms with van der Waals surface area (Å²) in [6.45, 7) is 6.74. The van der Waals surface area contributed by atoms with Crippen LogP contribution in [-0.2, 0) is 14.3 Å². The van der Waals surface area contributed by atoms with Gasteiger partial charge in [-0.3, -0.25) is 4.99 Å². The van der Waals surface area contributed by atoms with Crippen LogP contribution in [-0.4, -0.2) is 74.3 Å². The van der Waals surface area contributed by atoms with Gasteiger partial charge >= 0.3 is 12.1 Å². The Morgan fingerprint density at radius 1 is 1.27 bits per heavy atom. The molecule has 1 amide bonds. The molecule has 0 aromatic heterocycles. The van der Waals surface area contributed by atoms with Crippen molar-refractivity contribution < 1.29 is 28.5 Å². The number of aliphatic imine (C=N–C) groups is 1. The van der Waals surface area contributed by atoms with E-state index < -0.39 is 11.6 Å². The van der Waals surface area contributed by atoms with Gasteiger partial charge in [-0.25, -0.2) is 9.59 Å². The van der Waals surface area contributed by atoms with Gasteiger partial charge in [-0.05, 0) is 25.0 Å². The molecule has 1 aromatic rings. The molecule has 9 heteroatoms. The minimum absolute atomic E-state index is 0.244. The second kappa shape index (κ2) is 10.7. The van der Waals surface area contributed by atoms with Crippen LogP contribution >= 0.6 is 11.8 Å². The fourth-order valence-corrected chi connectivity index (χ4v) is 3.64. The van der Waals surface area contributed by atoms with Crippen LogP contribution < -0.4 is 9.47 Å². The van der Waals surface area contributed by atoms with Crippen molar-refractivity contribution >= 4 is 28.9 Å². The zero-order chi connectivity index (χ0) is 22.3. The van der Waals surface area contributed by atoms with Gasteiger partial charge in [-0.1, -0.05) is 19.9 Å². The Kier molecular flexibility index (Phi) is 8.54. The topological polar surface area (TPSA) is 86.7 Å². The molecule has 166 valence electrons. The SMILES string of the molecule is COCCOc1cccc(C2=N[C@@](C)(C(=O)OCC(C)C)CS2)c1OC(=O)N(C)C. The third kappa shape index (κ3) is 6.12. The minimum Gasteiger partial charge on any atom is -0.487 e. The summed E-state index contributed by atoms with van der Waals surface area (Å²) in [5.41, 5.74) is -0.407. The Morgan fingerprint density at radius 2 is 2.00 bits per heavy atom. The molecule has 0 aliphatic carbocycles. The van der Waals surface area contributed by atoms with Crippen molar-refractivity contribution in [2.24, 2.45) is 10.9 Å². The monoisotopic (exact) mass is 438 g/mol. The largest absolute Gasteiger partial charge is 0.487 e. The van der Waals surface area contributed by atoms with E-state index in [4.69, 9.17) is 18.9 Å². The normalized spacial score (nSPS) is 18.2. The van der Waals surface area contributed by atoms with Gasteiger partial charge in [0.05, 0.1) is 18.8 Å². The molecule has 0 saturated carbocycles. The molecule has 8 nitrogen and oxygen atoms in total. The third-order valence-electron chi connectivity index (χ3n) is 4.13. The van der Waals surface area contributed by atoms with E-state index in [9.17, 15) is 9.59 Å². The fourth-order valence-electron chi connectivity index (χ4n) is 2.45. The fraction of sp³-hybridized carbons (Fsp3) is 0.571. The van der Waals surface area contributed by atoms with Crippen molar-refractivity contribution in [3.8, 4) is 11.5 Å². The van der Waals surface area contributed by atoms with Gasteiger partial charge in [0, 0.05) is 27.0 Å². The lowest BCUT2D eigenvalue weighted by molar-refractivity contribution is -0.149. The summed E-state index contributed by atoms with van der Waals surface area (Å²) in [7, 11) is 4.77. The van der Waals surface area contributed by atoms with E-state index in [1.807, 2.05) is 13.8 Å². The Bertz CT molecular complexity index is 796. The molecule has 1 atom stereocenters. The van der Waals surface area contributed by atoms with Gasteiger partial charge in [0.15, 0.2) is 17.0 Å². The number of ether oxygens (including phenoxy) is 4. The molecule has 2 rings (SSSR count). The molecule has 0 saturated heterocycles. The predicted molar refractivity (Wildman–Crippen MR) is 117 cm³/mol. The van der Waals surface area contributed by atoms with E-state index in [1.54, 1.807) is 46.3 Å². The van der Waals surface area contributed by atoms with Crippen LogP contribution in [0.5, 0.6) is 11.5 Å². The average Bonchev–Trinajstić information content (AvgIpc) is 3.10. The van der Waals surface area contributed by atoms with Crippen LogP contribution in [0.1, 0.15) is 26.3 Å². The van der Waals surface area contributed by atoms with E-state index in [2.05, 4.69) is 4.99 Å². The summed E-state index contributed by atoms with van der Waals surface area (Å²) < 4.78 is 21.8. The van der Waals surface area contributed by atoms with E-state index in [-0.39, 0.29) is 17.6 Å². The number of amides is 1. The second-order valence-corrected chi connectivity index (χ2v) is 8.67. The third-order valence-corrected chi connectivity index (χ3v) is 5.43. The van der Waals surface area contributed by atoms with Crippen molar-refractivity contribution in [2.45, 2.75) is 26.3 Å². The molecule has 0 N–H and O–H groups in total. The highest BCUT2D eigenvalue weighted by Gasteiger charge is 2.41. The molecule has 0 spiro atoms. The zero-order valence-electron chi connectivity index (χ0n) is 18.4. The quantitative estimate of drug-likeness (QED) is 0.432. The summed E-state index contributed by atoms with van der Waals surface area (Å²) in [5.74, 6) is 0.984. The van der Waals surface area contributed by atoms with Gasteiger partial charge in [-0.15, -0.1) is 11.8 Å². The Hall–Kier alpha value is -2.26. The number of carbonyl (C=O) groups excluding carboxylic acids is 2. The number of nitrogens with zero attached hydrogens (tertiary/aromatic N) is 2. The number of esters is 1. The van der Waals surface area contributed by atoms with E-state index >= 15 is 0 Å². The number of hydrogen-bond donors (Lipinski definition) is 0. The first kappa shape index (κ1) is 24.0. The first-order valence-corrected chi connectivity index (χ1v) is 10.7. The summed E-state index contributed by atoms with van der Waals surface area (Å²) in [6, 6.07) is 5.30. The maximum Gasteiger partial charge on any atom is 0.414 e. The molecule has 30 heavy (non-hydrogen) atoms. The number of carbonyl (C=O) groups is 2. The van der Waals surface area contributed by atoms with Crippen LogP contribution in [0.25, 0.3) is 0 Å². The Balaban J connectivity index is 2.36. The standard InChI is InChI=1S/C21H30N2O6S/c1-14(2)12-28-19(24)21(3)13-30-18(22-21)15-8-7-9-16(27-11-10-26-6)17(15)29-20(25)23(4)5/h7-9,14H,10-13H2,1-6H3/t21-/m1/s1. The van der Waals surface area contributed by atoms with Crippen molar-refractivity contribution in [2.75, 3.05) is 46.8 Å². The van der Waals surface area contributed by atoms with Gasteiger partial charge in [0.25, 0.3) is 0 Å².